The predicted octanol–water partition coefficient (Wildman–Crippen LogP) is 5.83. The number of benzene rings is 3. The Kier molecular flexibility index (Phi) is 5.99. The smallest absolute Gasteiger partial charge is 0.198 e. The standard InChI is InChI=1S/C27H24O4/c1-3-4-16-30-18(2)20-12-8-13-21-24(20)26(28)22-14-9-15-23(25(22)27(21)29)31-17-19-10-6-5-7-11-19/h5-15H,2-4,16-17H2,1H3. The molecule has 0 N–H and O–H groups in total. The topological polar surface area (TPSA) is 52.6 Å². The maximum Gasteiger partial charge on any atom is 0.198 e. The van der Waals surface area contributed by atoms with E-state index in [4.69, 9.17) is 9.47 Å². The fourth-order valence-corrected chi connectivity index (χ4v) is 3.72. The Bertz CT molecular complexity index is 1150. The first kappa shape index (κ1) is 20.6. The molecule has 1 aliphatic carbocycles. The molecule has 156 valence electrons. The fourth-order valence-electron chi connectivity index (χ4n) is 3.72. The molecule has 3 aromatic rings. The molecule has 0 atom stereocenters. The van der Waals surface area contributed by atoms with Crippen LogP contribution in [-0.2, 0) is 11.3 Å². The van der Waals surface area contributed by atoms with E-state index in [1.807, 2.05) is 30.3 Å². The first-order valence-corrected chi connectivity index (χ1v) is 10.5. The highest BCUT2D eigenvalue weighted by Gasteiger charge is 2.34. The van der Waals surface area contributed by atoms with Crippen molar-refractivity contribution in [2.45, 2.75) is 26.4 Å². The quantitative estimate of drug-likeness (QED) is 0.270. The summed E-state index contributed by atoms with van der Waals surface area (Å²) in [6.45, 7) is 6.90. The fraction of sp³-hybridized carbons (Fsp3) is 0.185. The number of carbonyl (C=O) groups is 2. The number of hydrogen-bond acceptors (Lipinski definition) is 4. The molecule has 0 spiro atoms. The number of ether oxygens (including phenoxy) is 2. The maximum atomic E-state index is 13.4. The van der Waals surface area contributed by atoms with E-state index in [0.717, 1.165) is 18.4 Å². The van der Waals surface area contributed by atoms with Crippen LogP contribution in [0.25, 0.3) is 5.76 Å². The van der Waals surface area contributed by atoms with Gasteiger partial charge in [-0.05, 0) is 18.1 Å². The van der Waals surface area contributed by atoms with Gasteiger partial charge in [0.1, 0.15) is 18.1 Å². The first-order valence-electron chi connectivity index (χ1n) is 10.5. The van der Waals surface area contributed by atoms with Crippen LogP contribution < -0.4 is 4.74 Å². The lowest BCUT2D eigenvalue weighted by molar-refractivity contribution is 0.0974. The highest BCUT2D eigenvalue weighted by Crippen LogP contribution is 2.36. The molecule has 0 heterocycles. The maximum absolute atomic E-state index is 13.4. The van der Waals surface area contributed by atoms with Crippen molar-refractivity contribution in [3.05, 3.63) is 107 Å². The lowest BCUT2D eigenvalue weighted by atomic mass is 9.81. The molecule has 0 amide bonds. The summed E-state index contributed by atoms with van der Waals surface area (Å²) in [4.78, 5) is 26.8. The van der Waals surface area contributed by atoms with Crippen molar-refractivity contribution in [3.63, 3.8) is 0 Å². The van der Waals surface area contributed by atoms with E-state index < -0.39 is 0 Å². The third-order valence-electron chi connectivity index (χ3n) is 5.35. The van der Waals surface area contributed by atoms with Crippen molar-refractivity contribution in [1.29, 1.82) is 0 Å². The number of unbranched alkanes of at least 4 members (excludes halogenated alkanes) is 1. The van der Waals surface area contributed by atoms with Gasteiger partial charge in [0.05, 0.1) is 12.2 Å². The lowest BCUT2D eigenvalue weighted by Crippen LogP contribution is -2.23. The molecular weight excluding hydrogens is 388 g/mol. The molecule has 1 aliphatic rings. The van der Waals surface area contributed by atoms with Crippen molar-refractivity contribution in [2.75, 3.05) is 6.61 Å². The minimum absolute atomic E-state index is 0.217. The third kappa shape index (κ3) is 4.02. The molecule has 31 heavy (non-hydrogen) atoms. The number of rotatable bonds is 8. The van der Waals surface area contributed by atoms with Crippen LogP contribution in [-0.4, -0.2) is 18.2 Å². The van der Waals surface area contributed by atoms with E-state index >= 15 is 0 Å². The van der Waals surface area contributed by atoms with Gasteiger partial charge in [-0.2, -0.15) is 0 Å². The van der Waals surface area contributed by atoms with E-state index in [2.05, 4.69) is 13.5 Å². The SMILES string of the molecule is C=C(OCCCC)c1cccc2c1C(=O)c1cccc(OCc3ccccc3)c1C2=O. The highest BCUT2D eigenvalue weighted by atomic mass is 16.5. The van der Waals surface area contributed by atoms with Gasteiger partial charge in [-0.15, -0.1) is 0 Å². The minimum Gasteiger partial charge on any atom is -0.494 e. The second-order valence-corrected chi connectivity index (χ2v) is 7.46. The Hall–Kier alpha value is -3.66. The number of ketones is 2. The average Bonchev–Trinajstić information content (AvgIpc) is 2.81. The molecule has 0 aliphatic heterocycles. The first-order chi connectivity index (χ1) is 15.1. The summed E-state index contributed by atoms with van der Waals surface area (Å²) in [5.74, 6) is 0.377. The van der Waals surface area contributed by atoms with Crippen molar-refractivity contribution < 1.29 is 19.1 Å². The normalized spacial score (nSPS) is 12.2. The lowest BCUT2D eigenvalue weighted by Gasteiger charge is -2.23. The van der Waals surface area contributed by atoms with Crippen molar-refractivity contribution >= 4 is 17.3 Å². The van der Waals surface area contributed by atoms with Crippen LogP contribution in [0.4, 0.5) is 0 Å². The molecule has 0 aromatic heterocycles. The van der Waals surface area contributed by atoms with Gasteiger partial charge in [0.2, 0.25) is 0 Å². The van der Waals surface area contributed by atoms with Gasteiger partial charge in [0.25, 0.3) is 0 Å². The second-order valence-electron chi connectivity index (χ2n) is 7.46. The molecule has 0 fully saturated rings. The monoisotopic (exact) mass is 412 g/mol. The molecule has 0 unspecified atom stereocenters. The zero-order valence-electron chi connectivity index (χ0n) is 17.5. The van der Waals surface area contributed by atoms with E-state index in [1.54, 1.807) is 36.4 Å². The molecule has 4 nitrogen and oxygen atoms in total. The van der Waals surface area contributed by atoms with Crippen LogP contribution in [0.1, 0.15) is 62.7 Å². The van der Waals surface area contributed by atoms with Crippen LogP contribution in [0.15, 0.2) is 73.3 Å². The molecule has 4 heteroatoms. The van der Waals surface area contributed by atoms with Crippen LogP contribution in [0.2, 0.25) is 0 Å². The van der Waals surface area contributed by atoms with Crippen molar-refractivity contribution in [3.8, 4) is 5.75 Å². The Labute approximate surface area is 182 Å². The molecule has 0 saturated carbocycles. The van der Waals surface area contributed by atoms with Crippen molar-refractivity contribution in [2.24, 2.45) is 0 Å². The van der Waals surface area contributed by atoms with Gasteiger partial charge in [0, 0.05) is 22.3 Å². The molecule has 0 saturated heterocycles. The van der Waals surface area contributed by atoms with E-state index in [0.29, 0.717) is 52.5 Å². The molecule has 0 bridgehead atoms. The van der Waals surface area contributed by atoms with Gasteiger partial charge in [0.15, 0.2) is 11.6 Å². The largest absolute Gasteiger partial charge is 0.494 e. The minimum atomic E-state index is -0.225. The number of fused-ring (bicyclic) bond motifs is 2. The van der Waals surface area contributed by atoms with E-state index in [1.165, 1.54) is 0 Å². The van der Waals surface area contributed by atoms with E-state index in [9.17, 15) is 9.59 Å². The average molecular weight is 412 g/mol. The van der Waals surface area contributed by atoms with Gasteiger partial charge >= 0.3 is 0 Å². The molecular formula is C27H24O4. The molecule has 3 aromatic carbocycles. The Morgan fingerprint density at radius 2 is 1.52 bits per heavy atom. The zero-order valence-corrected chi connectivity index (χ0v) is 17.5. The summed E-state index contributed by atoms with van der Waals surface area (Å²) >= 11 is 0. The van der Waals surface area contributed by atoms with Crippen LogP contribution >= 0.6 is 0 Å². The van der Waals surface area contributed by atoms with Gasteiger partial charge in [-0.1, -0.05) is 80.6 Å². The summed E-state index contributed by atoms with van der Waals surface area (Å²) in [5, 5.41) is 0. The molecule has 4 rings (SSSR count). The van der Waals surface area contributed by atoms with Crippen LogP contribution in [0.3, 0.4) is 0 Å². The molecule has 0 radical (unpaired) electrons. The van der Waals surface area contributed by atoms with Gasteiger partial charge in [-0.3, -0.25) is 9.59 Å². The highest BCUT2D eigenvalue weighted by molar-refractivity contribution is 6.30. The Morgan fingerprint density at radius 3 is 2.26 bits per heavy atom. The second kappa shape index (κ2) is 9.00. The van der Waals surface area contributed by atoms with Crippen LogP contribution in [0, 0.1) is 0 Å². The van der Waals surface area contributed by atoms with Gasteiger partial charge < -0.3 is 9.47 Å². The Balaban J connectivity index is 1.69. The summed E-state index contributed by atoms with van der Waals surface area (Å²) in [7, 11) is 0. The third-order valence-corrected chi connectivity index (χ3v) is 5.35. The summed E-state index contributed by atoms with van der Waals surface area (Å²) in [6, 6.07) is 20.1. The van der Waals surface area contributed by atoms with Crippen molar-refractivity contribution in [1.82, 2.24) is 0 Å². The zero-order chi connectivity index (χ0) is 21.8. The predicted molar refractivity (Wildman–Crippen MR) is 120 cm³/mol. The summed E-state index contributed by atoms with van der Waals surface area (Å²) in [6.07, 6.45) is 1.89. The summed E-state index contributed by atoms with van der Waals surface area (Å²) in [5.41, 5.74) is 2.90. The number of hydrogen-bond donors (Lipinski definition) is 0. The van der Waals surface area contributed by atoms with Gasteiger partial charge in [-0.25, -0.2) is 0 Å². The Morgan fingerprint density at radius 1 is 0.839 bits per heavy atom. The van der Waals surface area contributed by atoms with Crippen LogP contribution in [0.5, 0.6) is 5.75 Å². The van der Waals surface area contributed by atoms with E-state index in [-0.39, 0.29) is 11.6 Å². The summed E-state index contributed by atoms with van der Waals surface area (Å²) < 4.78 is 11.7. The number of carbonyl (C=O) groups excluding carboxylic acids is 2.